The fourth-order valence-electron chi connectivity index (χ4n) is 1.10. The van der Waals surface area contributed by atoms with Crippen LogP contribution in [-0.2, 0) is 9.53 Å². The van der Waals surface area contributed by atoms with Crippen LogP contribution in [0.5, 0.6) is 0 Å². The van der Waals surface area contributed by atoms with Crippen LogP contribution in [-0.4, -0.2) is 39.3 Å². The first-order valence-electron chi connectivity index (χ1n) is 5.04. The molecule has 0 heterocycles. The molecule has 0 rings (SSSR count). The lowest BCUT2D eigenvalue weighted by molar-refractivity contribution is -0.120. The van der Waals surface area contributed by atoms with Crippen LogP contribution in [0.1, 0.15) is 13.3 Å². The normalized spacial score (nSPS) is 11.8. The molecule has 1 amide bonds. The second-order valence-electron chi connectivity index (χ2n) is 3.45. The van der Waals surface area contributed by atoms with E-state index in [2.05, 4.69) is 10.6 Å². The summed E-state index contributed by atoms with van der Waals surface area (Å²) in [7, 11) is 1.66. The van der Waals surface area contributed by atoms with Crippen LogP contribution in [0, 0.1) is 17.2 Å². The van der Waals surface area contributed by atoms with Gasteiger partial charge in [-0.3, -0.25) is 4.79 Å². The number of hydrogen-bond donors (Lipinski definition) is 2. The Morgan fingerprint density at radius 1 is 1.60 bits per heavy atom. The van der Waals surface area contributed by atoms with Crippen molar-refractivity contribution < 1.29 is 9.53 Å². The fourth-order valence-corrected chi connectivity index (χ4v) is 1.10. The number of rotatable bonds is 8. The monoisotopic (exact) mass is 213 g/mol. The lowest BCUT2D eigenvalue weighted by atomic mass is 10.2. The molecule has 0 aliphatic heterocycles. The third-order valence-corrected chi connectivity index (χ3v) is 1.79. The van der Waals surface area contributed by atoms with E-state index < -0.39 is 0 Å². The minimum atomic E-state index is -0.0742. The van der Waals surface area contributed by atoms with Gasteiger partial charge >= 0.3 is 0 Å². The molecular formula is C10H19N3O2. The van der Waals surface area contributed by atoms with Gasteiger partial charge in [-0.15, -0.1) is 0 Å². The van der Waals surface area contributed by atoms with E-state index >= 15 is 0 Å². The summed E-state index contributed by atoms with van der Waals surface area (Å²) < 4.78 is 4.96. The van der Waals surface area contributed by atoms with Crippen LogP contribution >= 0.6 is 0 Å². The van der Waals surface area contributed by atoms with Crippen LogP contribution in [0.25, 0.3) is 0 Å². The number of amides is 1. The van der Waals surface area contributed by atoms with Crippen LogP contribution in [0.15, 0.2) is 0 Å². The standard InChI is InChI=1S/C10H19N3O2/c1-9(8-15-2)6-12-7-10(14)13-5-3-4-11/h9,12H,3,5-8H2,1-2H3,(H,13,14). The summed E-state index contributed by atoms with van der Waals surface area (Å²) in [5.74, 6) is 0.316. The Morgan fingerprint density at radius 2 is 2.33 bits per heavy atom. The van der Waals surface area contributed by atoms with Gasteiger partial charge in [0.05, 0.1) is 19.0 Å². The Kier molecular flexibility index (Phi) is 8.73. The highest BCUT2D eigenvalue weighted by molar-refractivity contribution is 5.77. The molecule has 86 valence electrons. The van der Waals surface area contributed by atoms with E-state index in [0.717, 1.165) is 6.54 Å². The zero-order valence-electron chi connectivity index (χ0n) is 9.38. The Bertz CT molecular complexity index is 213. The molecule has 0 radical (unpaired) electrons. The second kappa shape index (κ2) is 9.44. The Hall–Kier alpha value is -1.12. The van der Waals surface area contributed by atoms with Crippen LogP contribution < -0.4 is 10.6 Å². The maximum atomic E-state index is 11.1. The van der Waals surface area contributed by atoms with Crippen molar-refractivity contribution in [2.24, 2.45) is 5.92 Å². The largest absolute Gasteiger partial charge is 0.384 e. The van der Waals surface area contributed by atoms with E-state index in [1.54, 1.807) is 7.11 Å². The fraction of sp³-hybridized carbons (Fsp3) is 0.800. The van der Waals surface area contributed by atoms with Crippen molar-refractivity contribution in [3.8, 4) is 6.07 Å². The molecule has 0 spiro atoms. The van der Waals surface area contributed by atoms with E-state index in [-0.39, 0.29) is 5.91 Å². The Morgan fingerprint density at radius 3 is 2.93 bits per heavy atom. The van der Waals surface area contributed by atoms with Gasteiger partial charge in [0.2, 0.25) is 5.91 Å². The topological polar surface area (TPSA) is 74.2 Å². The van der Waals surface area contributed by atoms with Crippen molar-refractivity contribution in [2.45, 2.75) is 13.3 Å². The number of nitrogens with one attached hydrogen (secondary N) is 2. The second-order valence-corrected chi connectivity index (χ2v) is 3.45. The summed E-state index contributed by atoms with van der Waals surface area (Å²) in [6.45, 7) is 4.19. The van der Waals surface area contributed by atoms with E-state index in [1.807, 2.05) is 13.0 Å². The average Bonchev–Trinajstić information content (AvgIpc) is 2.18. The highest BCUT2D eigenvalue weighted by atomic mass is 16.5. The molecule has 0 aromatic carbocycles. The van der Waals surface area contributed by atoms with Crippen molar-refractivity contribution in [3.05, 3.63) is 0 Å². The number of carbonyl (C=O) groups excluding carboxylic acids is 1. The summed E-state index contributed by atoms with van der Waals surface area (Å²) in [6, 6.07) is 1.96. The van der Waals surface area contributed by atoms with Gasteiger partial charge in [-0.25, -0.2) is 0 Å². The maximum absolute atomic E-state index is 11.1. The van der Waals surface area contributed by atoms with Crippen LogP contribution in [0.3, 0.4) is 0 Å². The molecule has 1 unspecified atom stereocenters. The molecule has 0 aromatic heterocycles. The molecule has 0 aliphatic carbocycles. The molecule has 0 aliphatic rings. The average molecular weight is 213 g/mol. The SMILES string of the molecule is COCC(C)CNCC(=O)NCCC#N. The van der Waals surface area contributed by atoms with Gasteiger partial charge in [0.25, 0.3) is 0 Å². The molecule has 5 nitrogen and oxygen atoms in total. The molecule has 15 heavy (non-hydrogen) atoms. The summed E-state index contributed by atoms with van der Waals surface area (Å²) in [5.41, 5.74) is 0. The third-order valence-electron chi connectivity index (χ3n) is 1.79. The zero-order chi connectivity index (χ0) is 11.5. The van der Waals surface area contributed by atoms with Crippen molar-refractivity contribution in [2.75, 3.05) is 33.4 Å². The van der Waals surface area contributed by atoms with Crippen molar-refractivity contribution in [1.29, 1.82) is 5.26 Å². The molecule has 0 aromatic rings. The van der Waals surface area contributed by atoms with Gasteiger partial charge in [-0.05, 0) is 5.92 Å². The predicted octanol–water partition coefficient (Wildman–Crippen LogP) is -0.112. The van der Waals surface area contributed by atoms with Gasteiger partial charge in [0.15, 0.2) is 0 Å². The summed E-state index contributed by atoms with van der Waals surface area (Å²) in [6.07, 6.45) is 0.353. The van der Waals surface area contributed by atoms with Gasteiger partial charge in [0.1, 0.15) is 0 Å². The molecule has 0 bridgehead atoms. The van der Waals surface area contributed by atoms with Crippen molar-refractivity contribution >= 4 is 5.91 Å². The lowest BCUT2D eigenvalue weighted by Gasteiger charge is -2.11. The number of nitriles is 1. The molecule has 0 saturated carbocycles. The van der Waals surface area contributed by atoms with Crippen molar-refractivity contribution in [1.82, 2.24) is 10.6 Å². The van der Waals surface area contributed by atoms with Gasteiger partial charge in [-0.2, -0.15) is 5.26 Å². The van der Waals surface area contributed by atoms with Gasteiger partial charge in [0, 0.05) is 26.8 Å². The smallest absolute Gasteiger partial charge is 0.233 e. The van der Waals surface area contributed by atoms with E-state index in [4.69, 9.17) is 10.00 Å². The third kappa shape index (κ3) is 9.19. The summed E-state index contributed by atoms with van der Waals surface area (Å²) >= 11 is 0. The van der Waals surface area contributed by atoms with E-state index in [9.17, 15) is 4.79 Å². The molecule has 2 N–H and O–H groups in total. The first kappa shape index (κ1) is 13.9. The van der Waals surface area contributed by atoms with Crippen LogP contribution in [0.2, 0.25) is 0 Å². The number of nitrogens with zero attached hydrogens (tertiary/aromatic N) is 1. The molecule has 0 saturated heterocycles. The van der Waals surface area contributed by atoms with Gasteiger partial charge in [-0.1, -0.05) is 6.92 Å². The molecule has 5 heteroatoms. The first-order valence-corrected chi connectivity index (χ1v) is 5.04. The summed E-state index contributed by atoms with van der Waals surface area (Å²) in [4.78, 5) is 11.1. The maximum Gasteiger partial charge on any atom is 0.233 e. The highest BCUT2D eigenvalue weighted by Crippen LogP contribution is 1.91. The minimum absolute atomic E-state index is 0.0742. The Balaban J connectivity index is 3.35. The summed E-state index contributed by atoms with van der Waals surface area (Å²) in [5, 5.41) is 13.9. The Labute approximate surface area is 90.8 Å². The number of ether oxygens (including phenoxy) is 1. The lowest BCUT2D eigenvalue weighted by Crippen LogP contribution is -2.36. The van der Waals surface area contributed by atoms with E-state index in [0.29, 0.717) is 32.0 Å². The first-order chi connectivity index (χ1) is 7.20. The quantitative estimate of drug-likeness (QED) is 0.552. The predicted molar refractivity (Wildman–Crippen MR) is 57.1 cm³/mol. The molecule has 0 fully saturated rings. The number of carbonyl (C=O) groups is 1. The number of hydrogen-bond acceptors (Lipinski definition) is 4. The van der Waals surface area contributed by atoms with E-state index in [1.165, 1.54) is 0 Å². The van der Waals surface area contributed by atoms with Crippen molar-refractivity contribution in [3.63, 3.8) is 0 Å². The van der Waals surface area contributed by atoms with Crippen LogP contribution in [0.4, 0.5) is 0 Å². The zero-order valence-corrected chi connectivity index (χ0v) is 9.38. The van der Waals surface area contributed by atoms with Gasteiger partial charge < -0.3 is 15.4 Å². The minimum Gasteiger partial charge on any atom is -0.384 e. The molecular weight excluding hydrogens is 194 g/mol. The molecule has 1 atom stereocenters. The number of methoxy groups -OCH3 is 1. The highest BCUT2D eigenvalue weighted by Gasteiger charge is 2.03.